The molecule has 2 N–H and O–H groups in total. The summed E-state index contributed by atoms with van der Waals surface area (Å²) in [5, 5.41) is 3.77. The molecule has 3 aromatic carbocycles. The number of nitrogens with one attached hydrogen (secondary N) is 2. The smallest absolute Gasteiger partial charge is 0.251 e. The number of thioether (sulfide) groups is 1. The number of amides is 1. The summed E-state index contributed by atoms with van der Waals surface area (Å²) in [6.07, 6.45) is 1.94. The SMILES string of the molecule is COc1cc(C(C)(C)c2cnc(SCc3c(F)cc(C(=O)NCC[NH+](C)CCCS(=O)(=O)[O-])cc3Cl)n2-c2ccc(F)cc2)ccc1Cl. The number of hydrogen-bond acceptors (Lipinski definition) is 7. The van der Waals surface area contributed by atoms with Crippen molar-refractivity contribution in [3.8, 4) is 11.4 Å². The standard InChI is InChI=1S/C33H36Cl2F2N4O5S2/c1-33(2,22-6-11-26(34)29(18-22)46-4)30-19-39-32(41(30)24-9-7-23(36)8-10-24)47-20-25-27(35)16-21(17-28(25)37)31(42)38-12-14-40(3)13-5-15-48(43,44)45/h6-11,16-19H,5,12-15,20H2,1-4H3,(H,38,42)(H,43,44,45). The Morgan fingerprint density at radius 3 is 2.44 bits per heavy atom. The normalized spacial score (nSPS) is 12.6. The van der Waals surface area contributed by atoms with Crippen LogP contribution in [0.1, 0.15) is 47.4 Å². The molecule has 258 valence electrons. The molecule has 1 atom stereocenters. The molecule has 9 nitrogen and oxygen atoms in total. The van der Waals surface area contributed by atoms with Crippen molar-refractivity contribution < 1.29 is 36.2 Å². The topological polar surface area (TPSA) is 118 Å². The highest BCUT2D eigenvalue weighted by Crippen LogP contribution is 2.39. The third-order valence-electron chi connectivity index (χ3n) is 7.91. The van der Waals surface area contributed by atoms with Crippen molar-refractivity contribution in [2.45, 2.75) is 36.6 Å². The van der Waals surface area contributed by atoms with Crippen LogP contribution in [0.25, 0.3) is 5.69 Å². The molecule has 4 aromatic rings. The molecule has 0 aliphatic carbocycles. The number of imidazole rings is 1. The maximum atomic E-state index is 15.4. The molecular formula is C33H36Cl2F2N4O5S2. The lowest BCUT2D eigenvalue weighted by molar-refractivity contribution is -0.878. The number of nitrogens with zero attached hydrogens (tertiary/aromatic N) is 2. The minimum atomic E-state index is -4.26. The average Bonchev–Trinajstić information content (AvgIpc) is 3.45. The van der Waals surface area contributed by atoms with Crippen molar-refractivity contribution in [3.05, 3.63) is 105 Å². The largest absolute Gasteiger partial charge is 0.748 e. The van der Waals surface area contributed by atoms with E-state index in [1.807, 2.05) is 37.6 Å². The van der Waals surface area contributed by atoms with E-state index in [9.17, 15) is 22.2 Å². The van der Waals surface area contributed by atoms with Crippen LogP contribution in [0, 0.1) is 11.6 Å². The van der Waals surface area contributed by atoms with E-state index >= 15 is 4.39 Å². The number of methoxy groups -OCH3 is 1. The predicted octanol–water partition coefficient (Wildman–Crippen LogP) is 5.26. The fourth-order valence-corrected chi connectivity index (χ4v) is 7.16. The highest BCUT2D eigenvalue weighted by Gasteiger charge is 2.30. The number of carbonyl (C=O) groups is 1. The summed E-state index contributed by atoms with van der Waals surface area (Å²) >= 11 is 14.0. The number of likely N-dealkylation sites (N-methyl/N-ethyl adjacent to an activating group) is 1. The van der Waals surface area contributed by atoms with Crippen LogP contribution in [0.15, 0.2) is 66.0 Å². The van der Waals surface area contributed by atoms with Crippen LogP contribution >= 0.6 is 35.0 Å². The van der Waals surface area contributed by atoms with Crippen molar-refractivity contribution in [2.75, 3.05) is 39.5 Å². The van der Waals surface area contributed by atoms with Gasteiger partial charge in [0.15, 0.2) is 5.16 Å². The number of quaternary nitrogens is 1. The maximum absolute atomic E-state index is 15.4. The van der Waals surface area contributed by atoms with Crippen molar-refractivity contribution in [1.82, 2.24) is 14.9 Å². The second-order valence-electron chi connectivity index (χ2n) is 11.7. The van der Waals surface area contributed by atoms with Gasteiger partial charge in [0.05, 0.1) is 60.8 Å². The van der Waals surface area contributed by atoms with Crippen molar-refractivity contribution in [3.63, 3.8) is 0 Å². The van der Waals surface area contributed by atoms with Crippen molar-refractivity contribution in [2.24, 2.45) is 0 Å². The molecule has 0 spiro atoms. The Morgan fingerprint density at radius 2 is 1.79 bits per heavy atom. The number of aromatic nitrogens is 2. The Labute approximate surface area is 293 Å². The monoisotopic (exact) mass is 740 g/mol. The first kappa shape index (κ1) is 37.6. The first-order valence-electron chi connectivity index (χ1n) is 14.9. The van der Waals surface area contributed by atoms with Gasteiger partial charge in [-0.3, -0.25) is 9.36 Å². The van der Waals surface area contributed by atoms with E-state index in [1.54, 1.807) is 31.5 Å². The van der Waals surface area contributed by atoms with Gasteiger partial charge in [0, 0.05) is 45.2 Å². The maximum Gasteiger partial charge on any atom is 0.251 e. The van der Waals surface area contributed by atoms with Gasteiger partial charge < -0.3 is 19.5 Å². The van der Waals surface area contributed by atoms with E-state index in [-0.39, 0.29) is 34.9 Å². The number of benzene rings is 3. The van der Waals surface area contributed by atoms with E-state index in [4.69, 9.17) is 27.9 Å². The highest BCUT2D eigenvalue weighted by atomic mass is 35.5. The van der Waals surface area contributed by atoms with E-state index in [2.05, 4.69) is 10.3 Å². The predicted molar refractivity (Wildman–Crippen MR) is 183 cm³/mol. The van der Waals surface area contributed by atoms with Crippen LogP contribution in [-0.2, 0) is 21.3 Å². The first-order chi connectivity index (χ1) is 22.6. The highest BCUT2D eigenvalue weighted by molar-refractivity contribution is 7.98. The van der Waals surface area contributed by atoms with Gasteiger partial charge in [-0.15, -0.1) is 0 Å². The quantitative estimate of drug-likeness (QED) is 0.126. The molecule has 1 unspecified atom stereocenters. The third kappa shape index (κ3) is 9.48. The minimum Gasteiger partial charge on any atom is -0.748 e. The summed E-state index contributed by atoms with van der Waals surface area (Å²) in [5.41, 5.74) is 1.95. The molecule has 48 heavy (non-hydrogen) atoms. The molecule has 0 aliphatic rings. The van der Waals surface area contributed by atoms with Crippen LogP contribution in [0.2, 0.25) is 10.0 Å². The first-order valence-corrected chi connectivity index (χ1v) is 18.2. The summed E-state index contributed by atoms with van der Waals surface area (Å²) in [6, 6.07) is 14.0. The Hall–Kier alpha value is -3.20. The van der Waals surface area contributed by atoms with Gasteiger partial charge >= 0.3 is 0 Å². The Morgan fingerprint density at radius 1 is 1.08 bits per heavy atom. The second-order valence-corrected chi connectivity index (χ2v) is 15.0. The number of rotatable bonds is 15. The van der Waals surface area contributed by atoms with Crippen LogP contribution < -0.4 is 15.0 Å². The van der Waals surface area contributed by atoms with E-state index in [1.165, 1.54) is 30.0 Å². The van der Waals surface area contributed by atoms with Crippen LogP contribution in [0.4, 0.5) is 8.78 Å². The fourth-order valence-electron chi connectivity index (χ4n) is 5.09. The molecule has 1 heterocycles. The Bertz CT molecular complexity index is 1850. The molecule has 0 fully saturated rings. The number of halogens is 4. The van der Waals surface area contributed by atoms with Gasteiger partial charge in [0.2, 0.25) is 0 Å². The van der Waals surface area contributed by atoms with Gasteiger partial charge in [-0.05, 0) is 54.1 Å². The van der Waals surface area contributed by atoms with Gasteiger partial charge in [0.25, 0.3) is 5.91 Å². The number of hydrogen-bond donors (Lipinski definition) is 2. The number of ether oxygens (including phenoxy) is 1. The van der Waals surface area contributed by atoms with E-state index < -0.39 is 38.8 Å². The molecule has 1 aromatic heterocycles. The Kier molecular flexibility index (Phi) is 12.5. The third-order valence-corrected chi connectivity index (χ3v) is 10.3. The summed E-state index contributed by atoms with van der Waals surface area (Å²) in [7, 11) is -0.911. The molecular weight excluding hydrogens is 705 g/mol. The lowest BCUT2D eigenvalue weighted by Gasteiger charge is -2.28. The molecule has 0 aliphatic heterocycles. The van der Waals surface area contributed by atoms with Gasteiger partial charge in [0.1, 0.15) is 17.4 Å². The van der Waals surface area contributed by atoms with Crippen LogP contribution in [0.5, 0.6) is 5.75 Å². The molecule has 4 rings (SSSR count). The molecule has 0 radical (unpaired) electrons. The summed E-state index contributed by atoms with van der Waals surface area (Å²) in [6.45, 7) is 5.20. The fraction of sp³-hybridized carbons (Fsp3) is 0.333. The molecule has 0 bridgehead atoms. The zero-order valence-corrected chi connectivity index (χ0v) is 29.9. The molecule has 0 saturated heterocycles. The van der Waals surface area contributed by atoms with E-state index in [0.717, 1.165) is 22.2 Å². The van der Waals surface area contributed by atoms with Gasteiger partial charge in [-0.2, -0.15) is 0 Å². The summed E-state index contributed by atoms with van der Waals surface area (Å²) in [5.74, 6) is -1.39. The molecule has 0 saturated carbocycles. The molecule has 15 heteroatoms. The molecule has 1 amide bonds. The zero-order chi connectivity index (χ0) is 35.2. The minimum absolute atomic E-state index is 0.0524. The van der Waals surface area contributed by atoms with Gasteiger partial charge in [-0.25, -0.2) is 22.2 Å². The second kappa shape index (κ2) is 16.0. The van der Waals surface area contributed by atoms with Crippen LogP contribution in [-0.4, -0.2) is 68.0 Å². The lowest BCUT2D eigenvalue weighted by atomic mass is 9.81. The zero-order valence-electron chi connectivity index (χ0n) is 26.8. The van der Waals surface area contributed by atoms with Crippen molar-refractivity contribution >= 4 is 51.0 Å². The van der Waals surface area contributed by atoms with E-state index in [0.29, 0.717) is 34.7 Å². The Balaban J connectivity index is 1.52. The van der Waals surface area contributed by atoms with Crippen LogP contribution in [0.3, 0.4) is 0 Å². The van der Waals surface area contributed by atoms with Crippen molar-refractivity contribution in [1.29, 1.82) is 0 Å². The number of carbonyl (C=O) groups excluding carboxylic acids is 1. The van der Waals surface area contributed by atoms with Gasteiger partial charge in [-0.1, -0.05) is 54.9 Å². The average molecular weight is 742 g/mol. The summed E-state index contributed by atoms with van der Waals surface area (Å²) in [4.78, 5) is 18.3. The lowest BCUT2D eigenvalue weighted by Crippen LogP contribution is -3.09. The summed E-state index contributed by atoms with van der Waals surface area (Å²) < 4.78 is 69.0.